The van der Waals surface area contributed by atoms with E-state index in [9.17, 15) is 9.59 Å². The molecule has 116 valence electrons. The molecular formula is C17H19NO3S. The second-order valence-electron chi connectivity index (χ2n) is 5.20. The van der Waals surface area contributed by atoms with Crippen LogP contribution in [-0.2, 0) is 11.3 Å². The number of hydrogen-bond acceptors (Lipinski definition) is 3. The third-order valence-electron chi connectivity index (χ3n) is 3.51. The second kappa shape index (κ2) is 7.75. The zero-order valence-electron chi connectivity index (χ0n) is 12.4. The van der Waals surface area contributed by atoms with Crippen LogP contribution in [0.3, 0.4) is 0 Å². The van der Waals surface area contributed by atoms with Crippen molar-refractivity contribution in [2.24, 2.45) is 0 Å². The molecular weight excluding hydrogens is 298 g/mol. The van der Waals surface area contributed by atoms with Gasteiger partial charge in [0.2, 0.25) is 5.91 Å². The Bertz CT molecular complexity index is 636. The largest absolute Gasteiger partial charge is 0.477 e. The van der Waals surface area contributed by atoms with Gasteiger partial charge in [-0.15, -0.1) is 11.3 Å². The average molecular weight is 317 g/mol. The first-order valence-electron chi connectivity index (χ1n) is 7.20. The quantitative estimate of drug-likeness (QED) is 0.819. The Kier molecular flexibility index (Phi) is 5.72. The van der Waals surface area contributed by atoms with Crippen molar-refractivity contribution in [3.8, 4) is 0 Å². The number of carbonyl (C=O) groups excluding carboxylic acids is 1. The molecule has 1 aromatic heterocycles. The highest BCUT2D eigenvalue weighted by Crippen LogP contribution is 2.20. The number of carbonyl (C=O) groups is 2. The minimum Gasteiger partial charge on any atom is -0.477 e. The van der Waals surface area contributed by atoms with Crippen LogP contribution in [-0.4, -0.2) is 17.0 Å². The average Bonchev–Trinajstić information content (AvgIpc) is 3.00. The van der Waals surface area contributed by atoms with E-state index in [1.165, 1.54) is 16.9 Å². The molecule has 2 rings (SSSR count). The molecule has 0 saturated carbocycles. The predicted octanol–water partition coefficient (Wildman–Crippen LogP) is 3.65. The van der Waals surface area contributed by atoms with E-state index in [1.807, 2.05) is 18.2 Å². The highest BCUT2D eigenvalue weighted by Gasteiger charge is 2.10. The number of amides is 1. The monoisotopic (exact) mass is 317 g/mol. The fraction of sp³-hybridized carbons (Fsp3) is 0.294. The normalized spacial score (nSPS) is 11.9. The number of benzene rings is 1. The molecule has 0 spiro atoms. The summed E-state index contributed by atoms with van der Waals surface area (Å²) in [6.45, 7) is 2.50. The van der Waals surface area contributed by atoms with E-state index >= 15 is 0 Å². The molecule has 1 amide bonds. The summed E-state index contributed by atoms with van der Waals surface area (Å²) >= 11 is 1.19. The molecule has 22 heavy (non-hydrogen) atoms. The topological polar surface area (TPSA) is 66.4 Å². The third kappa shape index (κ3) is 4.70. The summed E-state index contributed by atoms with van der Waals surface area (Å²) in [7, 11) is 0. The number of aromatic carboxylic acids is 1. The van der Waals surface area contributed by atoms with Crippen LogP contribution in [0, 0.1) is 0 Å². The molecule has 0 aliphatic carbocycles. The van der Waals surface area contributed by atoms with Crippen LogP contribution in [0.5, 0.6) is 0 Å². The zero-order valence-corrected chi connectivity index (χ0v) is 13.2. The fourth-order valence-corrected chi connectivity index (χ4v) is 2.94. The lowest BCUT2D eigenvalue weighted by molar-refractivity contribution is -0.121. The van der Waals surface area contributed by atoms with Crippen molar-refractivity contribution in [2.45, 2.75) is 32.2 Å². The molecule has 2 aromatic rings. The molecule has 0 aliphatic heterocycles. The minimum absolute atomic E-state index is 0.00643. The van der Waals surface area contributed by atoms with Crippen LogP contribution in [0.25, 0.3) is 0 Å². The number of carboxylic acids is 1. The van der Waals surface area contributed by atoms with Crippen LogP contribution in [0.4, 0.5) is 0 Å². The van der Waals surface area contributed by atoms with Gasteiger partial charge in [0.25, 0.3) is 0 Å². The van der Waals surface area contributed by atoms with E-state index in [1.54, 1.807) is 12.1 Å². The second-order valence-corrected chi connectivity index (χ2v) is 6.37. The van der Waals surface area contributed by atoms with E-state index < -0.39 is 5.97 Å². The SMILES string of the molecule is CC(CCC(=O)NCc1ccc(C(=O)O)s1)c1ccccc1. The van der Waals surface area contributed by atoms with Gasteiger partial charge in [-0.25, -0.2) is 4.79 Å². The Labute approximate surface area is 133 Å². The van der Waals surface area contributed by atoms with Crippen molar-refractivity contribution < 1.29 is 14.7 Å². The first kappa shape index (κ1) is 16.2. The molecule has 0 aliphatic rings. The molecule has 1 unspecified atom stereocenters. The maximum Gasteiger partial charge on any atom is 0.345 e. The van der Waals surface area contributed by atoms with Crippen molar-refractivity contribution in [1.82, 2.24) is 5.32 Å². The van der Waals surface area contributed by atoms with Gasteiger partial charge < -0.3 is 10.4 Å². The van der Waals surface area contributed by atoms with E-state index in [0.717, 1.165) is 11.3 Å². The van der Waals surface area contributed by atoms with Crippen LogP contribution in [0.2, 0.25) is 0 Å². The van der Waals surface area contributed by atoms with Crippen LogP contribution >= 0.6 is 11.3 Å². The van der Waals surface area contributed by atoms with Gasteiger partial charge in [-0.1, -0.05) is 37.3 Å². The third-order valence-corrected chi connectivity index (χ3v) is 4.58. The van der Waals surface area contributed by atoms with Gasteiger partial charge in [0.05, 0.1) is 6.54 Å². The fourth-order valence-electron chi connectivity index (χ4n) is 2.16. The lowest BCUT2D eigenvalue weighted by Crippen LogP contribution is -2.22. The maximum absolute atomic E-state index is 11.9. The number of rotatable bonds is 7. The Morgan fingerprint density at radius 1 is 1.18 bits per heavy atom. The van der Waals surface area contributed by atoms with Gasteiger partial charge in [0.15, 0.2) is 0 Å². The molecule has 1 atom stereocenters. The molecule has 1 heterocycles. The maximum atomic E-state index is 11.9. The Morgan fingerprint density at radius 3 is 2.55 bits per heavy atom. The van der Waals surface area contributed by atoms with E-state index in [4.69, 9.17) is 5.11 Å². The van der Waals surface area contributed by atoms with Crippen molar-refractivity contribution >= 4 is 23.2 Å². The van der Waals surface area contributed by atoms with Gasteiger partial charge in [-0.3, -0.25) is 4.79 Å². The number of hydrogen-bond donors (Lipinski definition) is 2. The van der Waals surface area contributed by atoms with Crippen LogP contribution in [0.15, 0.2) is 42.5 Å². The summed E-state index contributed by atoms with van der Waals surface area (Å²) in [6.07, 6.45) is 1.26. The van der Waals surface area contributed by atoms with E-state index in [-0.39, 0.29) is 5.91 Å². The van der Waals surface area contributed by atoms with Gasteiger partial charge in [0.1, 0.15) is 4.88 Å². The lowest BCUT2D eigenvalue weighted by atomic mass is 9.96. The van der Waals surface area contributed by atoms with Crippen molar-refractivity contribution in [1.29, 1.82) is 0 Å². The van der Waals surface area contributed by atoms with Gasteiger partial charge >= 0.3 is 5.97 Å². The molecule has 0 bridgehead atoms. The summed E-state index contributed by atoms with van der Waals surface area (Å²) in [4.78, 5) is 23.8. The molecule has 5 heteroatoms. The van der Waals surface area contributed by atoms with Gasteiger partial charge in [0, 0.05) is 11.3 Å². The molecule has 4 nitrogen and oxygen atoms in total. The highest BCUT2D eigenvalue weighted by atomic mass is 32.1. The number of thiophene rings is 1. The predicted molar refractivity (Wildman–Crippen MR) is 87.2 cm³/mol. The van der Waals surface area contributed by atoms with Crippen molar-refractivity contribution in [3.05, 3.63) is 57.8 Å². The van der Waals surface area contributed by atoms with E-state index in [2.05, 4.69) is 24.4 Å². The van der Waals surface area contributed by atoms with Crippen LogP contribution in [0.1, 0.15) is 45.8 Å². The molecule has 1 aromatic carbocycles. The standard InChI is InChI=1S/C17H19NO3S/c1-12(13-5-3-2-4-6-13)7-10-16(19)18-11-14-8-9-15(22-14)17(20)21/h2-6,8-9,12H,7,10-11H2,1H3,(H,18,19)(H,20,21). The summed E-state index contributed by atoms with van der Waals surface area (Å²) in [5.74, 6) is -0.598. The summed E-state index contributed by atoms with van der Waals surface area (Å²) < 4.78 is 0. The molecule has 2 N–H and O–H groups in total. The Balaban J connectivity index is 1.75. The molecule has 0 saturated heterocycles. The van der Waals surface area contributed by atoms with Crippen molar-refractivity contribution in [3.63, 3.8) is 0 Å². The smallest absolute Gasteiger partial charge is 0.345 e. The van der Waals surface area contributed by atoms with Gasteiger partial charge in [-0.2, -0.15) is 0 Å². The number of carboxylic acid groups (broad SMARTS) is 1. The highest BCUT2D eigenvalue weighted by molar-refractivity contribution is 7.13. The van der Waals surface area contributed by atoms with Crippen molar-refractivity contribution in [2.75, 3.05) is 0 Å². The summed E-state index contributed by atoms with van der Waals surface area (Å²) in [5.41, 5.74) is 1.24. The molecule has 0 fully saturated rings. The zero-order chi connectivity index (χ0) is 15.9. The first-order chi connectivity index (χ1) is 10.6. The van der Waals surface area contributed by atoms with Gasteiger partial charge in [-0.05, 0) is 30.0 Å². The minimum atomic E-state index is -0.931. The number of nitrogens with one attached hydrogen (secondary N) is 1. The van der Waals surface area contributed by atoms with Crippen LogP contribution < -0.4 is 5.32 Å². The molecule has 0 radical (unpaired) electrons. The summed E-state index contributed by atoms with van der Waals surface area (Å²) in [5, 5.41) is 11.7. The Hall–Kier alpha value is -2.14. The lowest BCUT2D eigenvalue weighted by Gasteiger charge is -2.11. The summed E-state index contributed by atoms with van der Waals surface area (Å²) in [6, 6.07) is 13.4. The Morgan fingerprint density at radius 2 is 1.91 bits per heavy atom. The van der Waals surface area contributed by atoms with E-state index in [0.29, 0.717) is 23.8 Å². The first-order valence-corrected chi connectivity index (χ1v) is 8.01.